The van der Waals surface area contributed by atoms with Crippen molar-refractivity contribution in [2.24, 2.45) is 0 Å². The lowest BCUT2D eigenvalue weighted by molar-refractivity contribution is -0.149. The third-order valence-electron chi connectivity index (χ3n) is 1.61. The van der Waals surface area contributed by atoms with Gasteiger partial charge in [-0.05, 0) is 27.7 Å². The summed E-state index contributed by atoms with van der Waals surface area (Å²) in [6, 6.07) is 0. The van der Waals surface area contributed by atoms with Gasteiger partial charge in [-0.3, -0.25) is 5.32 Å². The summed E-state index contributed by atoms with van der Waals surface area (Å²) >= 11 is 0. The number of ether oxygens (including phenoxy) is 2. The third kappa shape index (κ3) is 4.29. The average Bonchev–Trinajstić information content (AvgIpc) is 2.13. The van der Waals surface area contributed by atoms with Crippen molar-refractivity contribution in [3.05, 3.63) is 0 Å². The van der Waals surface area contributed by atoms with Crippen molar-refractivity contribution in [1.29, 1.82) is 0 Å². The second-order valence-electron chi connectivity index (χ2n) is 4.44. The molecule has 0 aliphatic carbocycles. The lowest BCUT2D eigenvalue weighted by atomic mass is 10.1. The Morgan fingerprint density at radius 2 is 1.69 bits per heavy atom. The number of carbonyl (C=O) groups excluding carboxylic acids is 3. The van der Waals surface area contributed by atoms with E-state index in [2.05, 4.69) is 10.1 Å². The first-order valence-electron chi connectivity index (χ1n) is 4.70. The summed E-state index contributed by atoms with van der Waals surface area (Å²) in [6.07, 6.45) is -0.560. The number of nitrogens with one attached hydrogen (secondary N) is 1. The molecule has 0 aromatic heterocycles. The van der Waals surface area contributed by atoms with E-state index in [1.165, 1.54) is 6.92 Å². The predicted octanol–water partition coefficient (Wildman–Crippen LogP) is 0.642. The standard InChI is InChI=1S/C10H17NO5/c1-9(2,3)16-8(14)11-10(4,6-12)7(13)15-5/h6H,1-5H3,(H,11,14)/t10-/m1/s1. The largest absolute Gasteiger partial charge is 0.467 e. The summed E-state index contributed by atoms with van der Waals surface area (Å²) in [5.74, 6) is -0.853. The minimum atomic E-state index is -1.73. The van der Waals surface area contributed by atoms with Crippen molar-refractivity contribution >= 4 is 18.3 Å². The van der Waals surface area contributed by atoms with Crippen molar-refractivity contribution < 1.29 is 23.9 Å². The fraction of sp³-hybridized carbons (Fsp3) is 0.700. The van der Waals surface area contributed by atoms with E-state index in [4.69, 9.17) is 4.74 Å². The number of methoxy groups -OCH3 is 1. The minimum absolute atomic E-state index is 0.294. The molecule has 0 fully saturated rings. The van der Waals surface area contributed by atoms with Gasteiger partial charge in [-0.15, -0.1) is 0 Å². The van der Waals surface area contributed by atoms with Gasteiger partial charge in [0, 0.05) is 0 Å². The van der Waals surface area contributed by atoms with Crippen LogP contribution in [-0.2, 0) is 19.1 Å². The fourth-order valence-electron chi connectivity index (χ4n) is 0.856. The molecule has 16 heavy (non-hydrogen) atoms. The topological polar surface area (TPSA) is 81.7 Å². The molecule has 0 saturated heterocycles. The van der Waals surface area contributed by atoms with Gasteiger partial charge in [-0.25, -0.2) is 9.59 Å². The van der Waals surface area contributed by atoms with Gasteiger partial charge < -0.3 is 14.3 Å². The van der Waals surface area contributed by atoms with Gasteiger partial charge in [0.25, 0.3) is 0 Å². The van der Waals surface area contributed by atoms with Crippen LogP contribution in [-0.4, -0.2) is 36.6 Å². The van der Waals surface area contributed by atoms with Crippen LogP contribution < -0.4 is 5.32 Å². The second-order valence-corrected chi connectivity index (χ2v) is 4.44. The molecule has 0 unspecified atom stereocenters. The third-order valence-corrected chi connectivity index (χ3v) is 1.61. The number of carbonyl (C=O) groups is 3. The van der Waals surface area contributed by atoms with Crippen molar-refractivity contribution in [2.45, 2.75) is 38.8 Å². The summed E-state index contributed by atoms with van der Waals surface area (Å²) in [5, 5.41) is 2.15. The lowest BCUT2D eigenvalue weighted by Gasteiger charge is -2.25. The molecule has 0 aromatic carbocycles. The Labute approximate surface area is 94.3 Å². The van der Waals surface area contributed by atoms with Crippen LogP contribution in [0.15, 0.2) is 0 Å². The number of amides is 1. The van der Waals surface area contributed by atoms with Crippen LogP contribution in [0.1, 0.15) is 27.7 Å². The molecular weight excluding hydrogens is 214 g/mol. The van der Waals surface area contributed by atoms with Crippen molar-refractivity contribution in [2.75, 3.05) is 7.11 Å². The summed E-state index contributed by atoms with van der Waals surface area (Å²) in [5.41, 5.74) is -2.43. The molecule has 0 saturated carbocycles. The average molecular weight is 231 g/mol. The Hall–Kier alpha value is -1.59. The quantitative estimate of drug-likeness (QED) is 0.438. The van der Waals surface area contributed by atoms with Gasteiger partial charge in [0.05, 0.1) is 7.11 Å². The van der Waals surface area contributed by atoms with Gasteiger partial charge in [0.1, 0.15) is 5.60 Å². The van der Waals surface area contributed by atoms with Gasteiger partial charge in [0.2, 0.25) is 0 Å². The highest BCUT2D eigenvalue weighted by Gasteiger charge is 2.37. The van der Waals surface area contributed by atoms with E-state index in [9.17, 15) is 14.4 Å². The number of hydrogen-bond acceptors (Lipinski definition) is 5. The molecule has 0 aromatic rings. The van der Waals surface area contributed by atoms with Crippen molar-refractivity contribution in [3.8, 4) is 0 Å². The molecule has 1 atom stereocenters. The Balaban J connectivity index is 4.62. The van der Waals surface area contributed by atoms with Crippen LogP contribution in [0.25, 0.3) is 0 Å². The SMILES string of the molecule is COC(=O)[C@@](C)(C=O)NC(=O)OC(C)(C)C. The molecule has 92 valence electrons. The number of hydrogen-bond donors (Lipinski definition) is 1. The monoisotopic (exact) mass is 231 g/mol. The Morgan fingerprint density at radius 1 is 1.19 bits per heavy atom. The highest BCUT2D eigenvalue weighted by atomic mass is 16.6. The maximum absolute atomic E-state index is 11.4. The smallest absolute Gasteiger partial charge is 0.408 e. The fourth-order valence-corrected chi connectivity index (χ4v) is 0.856. The summed E-state index contributed by atoms with van der Waals surface area (Å²) in [4.78, 5) is 33.4. The Morgan fingerprint density at radius 3 is 2.00 bits per heavy atom. The maximum Gasteiger partial charge on any atom is 0.408 e. The zero-order chi connectivity index (χ0) is 13.0. The zero-order valence-corrected chi connectivity index (χ0v) is 10.1. The van der Waals surface area contributed by atoms with E-state index in [1.54, 1.807) is 20.8 Å². The maximum atomic E-state index is 11.4. The molecule has 1 N–H and O–H groups in total. The lowest BCUT2D eigenvalue weighted by Crippen LogP contribution is -2.55. The number of aldehydes is 1. The molecule has 0 rings (SSSR count). The van der Waals surface area contributed by atoms with Crippen molar-refractivity contribution in [3.63, 3.8) is 0 Å². The second kappa shape index (κ2) is 4.96. The molecule has 0 aliphatic heterocycles. The molecule has 6 heteroatoms. The molecule has 0 heterocycles. The van der Waals surface area contributed by atoms with Gasteiger partial charge >= 0.3 is 12.1 Å². The molecule has 0 radical (unpaired) electrons. The number of esters is 1. The Kier molecular flexibility index (Phi) is 4.47. The Bertz CT molecular complexity index is 294. The van der Waals surface area contributed by atoms with E-state index >= 15 is 0 Å². The highest BCUT2D eigenvalue weighted by Crippen LogP contribution is 2.09. The molecular formula is C10H17NO5. The van der Waals surface area contributed by atoms with E-state index in [1.807, 2.05) is 0 Å². The van der Waals surface area contributed by atoms with Gasteiger partial charge in [-0.2, -0.15) is 0 Å². The van der Waals surface area contributed by atoms with Crippen LogP contribution in [0.3, 0.4) is 0 Å². The normalized spacial score (nSPS) is 14.6. The van der Waals surface area contributed by atoms with Gasteiger partial charge in [0.15, 0.2) is 11.8 Å². The summed E-state index contributed by atoms with van der Waals surface area (Å²) in [6.45, 7) is 6.24. The molecule has 0 bridgehead atoms. The van der Waals surface area contributed by atoms with E-state index in [0.717, 1.165) is 7.11 Å². The van der Waals surface area contributed by atoms with Crippen LogP contribution in [0.2, 0.25) is 0 Å². The molecule has 0 spiro atoms. The summed E-state index contributed by atoms with van der Waals surface area (Å²) < 4.78 is 9.31. The van der Waals surface area contributed by atoms with Crippen LogP contribution in [0, 0.1) is 0 Å². The first kappa shape index (κ1) is 14.4. The van der Waals surface area contributed by atoms with E-state index in [-0.39, 0.29) is 0 Å². The molecule has 6 nitrogen and oxygen atoms in total. The number of rotatable bonds is 3. The van der Waals surface area contributed by atoms with Crippen LogP contribution >= 0.6 is 0 Å². The van der Waals surface area contributed by atoms with Crippen LogP contribution in [0.4, 0.5) is 4.79 Å². The van der Waals surface area contributed by atoms with E-state index < -0.39 is 23.2 Å². The van der Waals surface area contributed by atoms with Crippen molar-refractivity contribution in [1.82, 2.24) is 5.32 Å². The first-order valence-corrected chi connectivity index (χ1v) is 4.70. The zero-order valence-electron chi connectivity index (χ0n) is 10.1. The van der Waals surface area contributed by atoms with Crippen LogP contribution in [0.5, 0.6) is 0 Å². The summed E-state index contributed by atoms with van der Waals surface area (Å²) in [7, 11) is 1.13. The minimum Gasteiger partial charge on any atom is -0.467 e. The van der Waals surface area contributed by atoms with E-state index in [0.29, 0.717) is 6.29 Å². The first-order chi connectivity index (χ1) is 7.14. The molecule has 0 aliphatic rings. The predicted molar refractivity (Wildman–Crippen MR) is 55.9 cm³/mol. The molecule has 1 amide bonds. The number of alkyl carbamates (subject to hydrolysis) is 1. The highest BCUT2D eigenvalue weighted by molar-refractivity contribution is 6.00. The van der Waals surface area contributed by atoms with Gasteiger partial charge in [-0.1, -0.05) is 0 Å².